The topological polar surface area (TPSA) is 49.7 Å². The lowest BCUT2D eigenvalue weighted by molar-refractivity contribution is -0.0496. The molecule has 1 unspecified atom stereocenters. The van der Waals surface area contributed by atoms with Crippen molar-refractivity contribution in [3.05, 3.63) is 0 Å². The average molecular weight is 230 g/mol. The summed E-state index contributed by atoms with van der Waals surface area (Å²) in [5.74, 6) is 0.787. The smallest absolute Gasteiger partial charge is 0.100 e. The first-order valence-corrected chi connectivity index (χ1v) is 6.34. The Balaban J connectivity index is 2.22. The number of aliphatic hydroxyl groups excluding tert-OH is 2. The van der Waals surface area contributed by atoms with E-state index in [1.807, 2.05) is 0 Å². The van der Waals surface area contributed by atoms with E-state index in [-0.39, 0.29) is 19.3 Å². The lowest BCUT2D eigenvalue weighted by atomic mass is 9.72. The Morgan fingerprint density at radius 2 is 1.75 bits per heavy atom. The minimum absolute atomic E-state index is 0.211. The van der Waals surface area contributed by atoms with Gasteiger partial charge in [0.1, 0.15) is 6.10 Å². The Hall–Kier alpha value is -0.120. The predicted octanol–water partition coefficient (Wildman–Crippen LogP) is 1.96. The van der Waals surface area contributed by atoms with Crippen LogP contribution in [-0.2, 0) is 4.74 Å². The van der Waals surface area contributed by atoms with Crippen molar-refractivity contribution in [3.8, 4) is 0 Å². The van der Waals surface area contributed by atoms with E-state index in [4.69, 9.17) is 9.84 Å². The highest BCUT2D eigenvalue weighted by Crippen LogP contribution is 2.38. The summed E-state index contributed by atoms with van der Waals surface area (Å²) >= 11 is 0. The van der Waals surface area contributed by atoms with Crippen molar-refractivity contribution in [2.24, 2.45) is 11.3 Å². The number of aliphatic hydroxyl groups is 2. The molecule has 2 N–H and O–H groups in total. The average Bonchev–Trinajstić information content (AvgIpc) is 2.25. The monoisotopic (exact) mass is 230 g/mol. The molecule has 0 aromatic rings. The van der Waals surface area contributed by atoms with Gasteiger partial charge in [-0.25, -0.2) is 0 Å². The molecule has 0 aliphatic heterocycles. The summed E-state index contributed by atoms with van der Waals surface area (Å²) in [5.41, 5.74) is 0.398. The molecule has 0 amide bonds. The van der Waals surface area contributed by atoms with E-state index < -0.39 is 6.10 Å². The Morgan fingerprint density at radius 3 is 2.19 bits per heavy atom. The summed E-state index contributed by atoms with van der Waals surface area (Å²) in [6, 6.07) is 0. The van der Waals surface area contributed by atoms with Crippen molar-refractivity contribution < 1.29 is 14.9 Å². The van der Waals surface area contributed by atoms with Crippen LogP contribution in [0.25, 0.3) is 0 Å². The largest absolute Gasteiger partial charge is 0.394 e. The van der Waals surface area contributed by atoms with E-state index in [0.29, 0.717) is 5.41 Å². The van der Waals surface area contributed by atoms with E-state index in [2.05, 4.69) is 20.8 Å². The molecule has 0 spiro atoms. The number of hydrogen-bond donors (Lipinski definition) is 2. The SMILES string of the molecule is CC(C)(C)C1CCC(OCC(O)CO)CC1. The molecular weight excluding hydrogens is 204 g/mol. The van der Waals surface area contributed by atoms with Crippen molar-refractivity contribution in [3.63, 3.8) is 0 Å². The fourth-order valence-corrected chi connectivity index (χ4v) is 2.40. The van der Waals surface area contributed by atoms with Crippen LogP contribution in [0.2, 0.25) is 0 Å². The second-order valence-corrected chi connectivity index (χ2v) is 6.01. The van der Waals surface area contributed by atoms with Crippen molar-refractivity contribution in [1.29, 1.82) is 0 Å². The van der Waals surface area contributed by atoms with Gasteiger partial charge in [-0.1, -0.05) is 20.8 Å². The zero-order valence-corrected chi connectivity index (χ0v) is 10.8. The van der Waals surface area contributed by atoms with Crippen LogP contribution in [0, 0.1) is 11.3 Å². The first-order valence-electron chi connectivity index (χ1n) is 6.34. The first-order chi connectivity index (χ1) is 7.43. The minimum Gasteiger partial charge on any atom is -0.394 e. The third kappa shape index (κ3) is 4.40. The maximum absolute atomic E-state index is 9.19. The molecule has 0 saturated heterocycles. The summed E-state index contributed by atoms with van der Waals surface area (Å²) in [7, 11) is 0. The summed E-state index contributed by atoms with van der Waals surface area (Å²) in [6.45, 7) is 6.95. The van der Waals surface area contributed by atoms with Gasteiger partial charge >= 0.3 is 0 Å². The van der Waals surface area contributed by atoms with Crippen molar-refractivity contribution in [2.45, 2.75) is 58.7 Å². The zero-order chi connectivity index (χ0) is 12.2. The highest BCUT2D eigenvalue weighted by Gasteiger charge is 2.30. The fraction of sp³-hybridized carbons (Fsp3) is 1.00. The van der Waals surface area contributed by atoms with Crippen molar-refractivity contribution in [1.82, 2.24) is 0 Å². The van der Waals surface area contributed by atoms with Crippen LogP contribution in [-0.4, -0.2) is 35.6 Å². The highest BCUT2D eigenvalue weighted by atomic mass is 16.5. The molecule has 0 radical (unpaired) electrons. The maximum atomic E-state index is 9.19. The third-order valence-corrected chi connectivity index (χ3v) is 3.63. The Kier molecular flexibility index (Phi) is 5.22. The summed E-state index contributed by atoms with van der Waals surface area (Å²) < 4.78 is 5.59. The molecule has 0 aromatic heterocycles. The lowest BCUT2D eigenvalue weighted by Gasteiger charge is -2.37. The Labute approximate surface area is 98.8 Å². The number of hydrogen-bond acceptors (Lipinski definition) is 3. The molecule has 96 valence electrons. The molecule has 1 rings (SSSR count). The molecule has 0 heterocycles. The molecule has 0 aromatic carbocycles. The van der Waals surface area contributed by atoms with Crippen LogP contribution >= 0.6 is 0 Å². The molecule has 3 heteroatoms. The van der Waals surface area contributed by atoms with Gasteiger partial charge in [0.15, 0.2) is 0 Å². The van der Waals surface area contributed by atoms with Gasteiger partial charge in [-0.2, -0.15) is 0 Å². The molecule has 3 nitrogen and oxygen atoms in total. The first kappa shape index (κ1) is 13.9. The normalized spacial score (nSPS) is 29.1. The second kappa shape index (κ2) is 5.99. The molecule has 0 bridgehead atoms. The summed E-state index contributed by atoms with van der Waals surface area (Å²) in [5, 5.41) is 17.9. The van der Waals surface area contributed by atoms with Gasteiger partial charge in [-0.05, 0) is 37.0 Å². The van der Waals surface area contributed by atoms with Crippen LogP contribution in [0.15, 0.2) is 0 Å². The van der Waals surface area contributed by atoms with Crippen molar-refractivity contribution >= 4 is 0 Å². The van der Waals surface area contributed by atoms with Gasteiger partial charge in [-0.15, -0.1) is 0 Å². The minimum atomic E-state index is -0.722. The molecule has 16 heavy (non-hydrogen) atoms. The number of ether oxygens (including phenoxy) is 1. The number of rotatable bonds is 4. The van der Waals surface area contributed by atoms with E-state index in [9.17, 15) is 5.11 Å². The van der Waals surface area contributed by atoms with Crippen LogP contribution in [0.1, 0.15) is 46.5 Å². The van der Waals surface area contributed by atoms with Gasteiger partial charge in [0.05, 0.1) is 19.3 Å². The van der Waals surface area contributed by atoms with Gasteiger partial charge in [0.2, 0.25) is 0 Å². The lowest BCUT2D eigenvalue weighted by Crippen LogP contribution is -2.31. The van der Waals surface area contributed by atoms with Crippen LogP contribution in [0.3, 0.4) is 0 Å². The van der Waals surface area contributed by atoms with Crippen LogP contribution in [0.4, 0.5) is 0 Å². The summed E-state index contributed by atoms with van der Waals surface area (Å²) in [4.78, 5) is 0. The van der Waals surface area contributed by atoms with E-state index in [0.717, 1.165) is 18.8 Å². The zero-order valence-electron chi connectivity index (χ0n) is 10.8. The van der Waals surface area contributed by atoms with Crippen LogP contribution < -0.4 is 0 Å². The van der Waals surface area contributed by atoms with Gasteiger partial charge in [0.25, 0.3) is 0 Å². The van der Waals surface area contributed by atoms with E-state index in [1.54, 1.807) is 0 Å². The molecular formula is C13H26O3. The molecule has 1 fully saturated rings. The highest BCUT2D eigenvalue weighted by molar-refractivity contribution is 4.80. The quantitative estimate of drug-likeness (QED) is 0.776. The van der Waals surface area contributed by atoms with Gasteiger partial charge in [0, 0.05) is 0 Å². The molecule has 1 aliphatic rings. The Morgan fingerprint density at radius 1 is 1.19 bits per heavy atom. The predicted molar refractivity (Wildman–Crippen MR) is 64.2 cm³/mol. The second-order valence-electron chi connectivity index (χ2n) is 6.01. The van der Waals surface area contributed by atoms with E-state index >= 15 is 0 Å². The fourth-order valence-electron chi connectivity index (χ4n) is 2.40. The molecule has 1 aliphatic carbocycles. The van der Waals surface area contributed by atoms with Crippen LogP contribution in [0.5, 0.6) is 0 Å². The Bertz CT molecular complexity index is 190. The maximum Gasteiger partial charge on any atom is 0.100 e. The summed E-state index contributed by atoms with van der Waals surface area (Å²) in [6.07, 6.45) is 4.15. The standard InChI is InChI=1S/C13H26O3/c1-13(2,3)10-4-6-12(7-5-10)16-9-11(15)8-14/h10-12,14-15H,4-9H2,1-3H3. The van der Waals surface area contributed by atoms with E-state index in [1.165, 1.54) is 12.8 Å². The molecule has 1 atom stereocenters. The van der Waals surface area contributed by atoms with Crippen molar-refractivity contribution in [2.75, 3.05) is 13.2 Å². The third-order valence-electron chi connectivity index (χ3n) is 3.63. The molecule has 1 saturated carbocycles. The van der Waals surface area contributed by atoms with Gasteiger partial charge in [-0.3, -0.25) is 0 Å². The van der Waals surface area contributed by atoms with Gasteiger partial charge < -0.3 is 14.9 Å².